The van der Waals surface area contributed by atoms with E-state index in [1.54, 1.807) is 31.3 Å². The van der Waals surface area contributed by atoms with Crippen molar-refractivity contribution < 1.29 is 18.3 Å². The van der Waals surface area contributed by atoms with Crippen molar-refractivity contribution in [3.63, 3.8) is 0 Å². The molecule has 0 radical (unpaired) electrons. The van der Waals surface area contributed by atoms with E-state index in [0.29, 0.717) is 22.0 Å². The van der Waals surface area contributed by atoms with Crippen LogP contribution in [0.25, 0.3) is 21.7 Å². The lowest BCUT2D eigenvalue weighted by Gasteiger charge is -2.33. The third-order valence-corrected chi connectivity index (χ3v) is 5.58. The molecule has 30 heavy (non-hydrogen) atoms. The van der Waals surface area contributed by atoms with Gasteiger partial charge in [-0.2, -0.15) is 0 Å². The second-order valence-electron chi connectivity index (χ2n) is 7.37. The summed E-state index contributed by atoms with van der Waals surface area (Å²) in [5.74, 6) is -1.30. The number of para-hydroxylation sites is 1. The molecule has 152 valence electrons. The van der Waals surface area contributed by atoms with Gasteiger partial charge in [-0.1, -0.05) is 18.2 Å². The molecule has 0 aliphatic carbocycles. The Morgan fingerprint density at radius 3 is 2.77 bits per heavy atom. The molecule has 0 saturated heterocycles. The summed E-state index contributed by atoms with van der Waals surface area (Å²) >= 11 is 0. The summed E-state index contributed by atoms with van der Waals surface area (Å²) in [5.41, 5.74) is 1.36. The highest BCUT2D eigenvalue weighted by Gasteiger charge is 2.31. The van der Waals surface area contributed by atoms with Gasteiger partial charge in [0.2, 0.25) is 0 Å². The SMILES string of the molecule is CN(C(=O)c1cc2cccc(F)c2[nH]1)[C@@H]1COCc2[nH]c(=O)c3cc(F)ccc3c21. The van der Waals surface area contributed by atoms with E-state index in [1.165, 1.54) is 23.1 Å². The zero-order chi connectivity index (χ0) is 21.0. The van der Waals surface area contributed by atoms with Crippen LogP contribution in [0.15, 0.2) is 47.3 Å². The summed E-state index contributed by atoms with van der Waals surface area (Å²) in [4.78, 5) is 32.6. The van der Waals surface area contributed by atoms with Crippen molar-refractivity contribution in [3.8, 4) is 0 Å². The Hall–Kier alpha value is -3.52. The maximum Gasteiger partial charge on any atom is 0.270 e. The van der Waals surface area contributed by atoms with E-state index < -0.39 is 23.2 Å². The predicted molar refractivity (Wildman–Crippen MR) is 107 cm³/mol. The molecule has 1 atom stereocenters. The molecule has 0 spiro atoms. The standard InChI is InChI=1S/C22H17F2N3O3/c1-27(22(29)16-7-11-3-2-4-15(24)20(11)25-16)18-10-30-9-17-19(18)13-6-5-12(23)8-14(13)21(28)26-17/h2-8,18,25H,9-10H2,1H3,(H,26,28)/t18-/m1/s1. The Morgan fingerprint density at radius 1 is 1.13 bits per heavy atom. The molecule has 2 aromatic heterocycles. The number of nitrogens with zero attached hydrogens (tertiary/aromatic N) is 1. The van der Waals surface area contributed by atoms with Gasteiger partial charge in [-0.05, 0) is 29.7 Å². The van der Waals surface area contributed by atoms with Crippen LogP contribution in [0, 0.1) is 11.6 Å². The predicted octanol–water partition coefficient (Wildman–Crippen LogP) is 3.63. The fraction of sp³-hybridized carbons (Fsp3) is 0.182. The maximum absolute atomic E-state index is 14.0. The molecule has 0 bridgehead atoms. The number of carbonyl (C=O) groups is 1. The van der Waals surface area contributed by atoms with Gasteiger partial charge in [-0.25, -0.2) is 8.78 Å². The molecule has 8 heteroatoms. The van der Waals surface area contributed by atoms with Crippen LogP contribution in [0.5, 0.6) is 0 Å². The van der Waals surface area contributed by atoms with Crippen LogP contribution in [-0.4, -0.2) is 34.4 Å². The number of pyridine rings is 1. The lowest BCUT2D eigenvalue weighted by Crippen LogP contribution is -2.37. The smallest absolute Gasteiger partial charge is 0.270 e. The number of aromatic amines is 2. The summed E-state index contributed by atoms with van der Waals surface area (Å²) in [7, 11) is 1.62. The minimum absolute atomic E-state index is 0.189. The molecule has 3 heterocycles. The Labute approximate surface area is 169 Å². The number of fused-ring (bicyclic) bond motifs is 4. The fourth-order valence-corrected chi connectivity index (χ4v) is 4.10. The zero-order valence-corrected chi connectivity index (χ0v) is 16.0. The van der Waals surface area contributed by atoms with Crippen LogP contribution in [0.4, 0.5) is 8.78 Å². The van der Waals surface area contributed by atoms with Crippen LogP contribution < -0.4 is 5.56 Å². The van der Waals surface area contributed by atoms with Gasteiger partial charge >= 0.3 is 0 Å². The molecular formula is C22H17F2N3O3. The summed E-state index contributed by atoms with van der Waals surface area (Å²) in [5, 5.41) is 1.39. The van der Waals surface area contributed by atoms with Gasteiger partial charge in [0, 0.05) is 23.7 Å². The highest BCUT2D eigenvalue weighted by Crippen LogP contribution is 2.34. The van der Waals surface area contributed by atoms with Gasteiger partial charge in [0.05, 0.1) is 30.2 Å². The Morgan fingerprint density at radius 2 is 1.97 bits per heavy atom. The molecule has 0 fully saturated rings. The number of hydrogen-bond donors (Lipinski definition) is 2. The minimum atomic E-state index is -0.513. The number of carbonyl (C=O) groups excluding carboxylic acids is 1. The molecule has 6 nitrogen and oxygen atoms in total. The first-order chi connectivity index (χ1) is 14.4. The number of aromatic nitrogens is 2. The fourth-order valence-electron chi connectivity index (χ4n) is 4.10. The topological polar surface area (TPSA) is 78.2 Å². The average molecular weight is 409 g/mol. The van der Waals surface area contributed by atoms with Gasteiger partial charge in [0.1, 0.15) is 17.3 Å². The third-order valence-electron chi connectivity index (χ3n) is 5.58. The second kappa shape index (κ2) is 6.77. The van der Waals surface area contributed by atoms with Gasteiger partial charge < -0.3 is 19.6 Å². The number of benzene rings is 2. The number of nitrogens with one attached hydrogen (secondary N) is 2. The monoisotopic (exact) mass is 409 g/mol. The second-order valence-corrected chi connectivity index (χ2v) is 7.37. The largest absolute Gasteiger partial charge is 0.373 e. The number of ether oxygens (including phenoxy) is 1. The van der Waals surface area contributed by atoms with E-state index >= 15 is 0 Å². The van der Waals surface area contributed by atoms with E-state index in [4.69, 9.17) is 4.74 Å². The summed E-state index contributed by atoms with van der Waals surface area (Å²) < 4.78 is 33.3. The van der Waals surface area contributed by atoms with Crippen LogP contribution >= 0.6 is 0 Å². The van der Waals surface area contributed by atoms with Crippen LogP contribution in [0.3, 0.4) is 0 Å². The molecule has 1 amide bonds. The summed E-state index contributed by atoms with van der Waals surface area (Å²) in [6, 6.07) is 9.73. The van der Waals surface area contributed by atoms with Crippen LogP contribution in [-0.2, 0) is 11.3 Å². The van der Waals surface area contributed by atoms with Crippen LogP contribution in [0.2, 0.25) is 0 Å². The van der Waals surface area contributed by atoms with Gasteiger partial charge in [0.15, 0.2) is 0 Å². The first-order valence-corrected chi connectivity index (χ1v) is 9.40. The zero-order valence-electron chi connectivity index (χ0n) is 16.0. The highest BCUT2D eigenvalue weighted by molar-refractivity contribution is 5.98. The average Bonchev–Trinajstić information content (AvgIpc) is 3.18. The molecule has 5 rings (SSSR count). The lowest BCUT2D eigenvalue weighted by molar-refractivity contribution is 0.0333. The minimum Gasteiger partial charge on any atom is -0.373 e. The lowest BCUT2D eigenvalue weighted by atomic mass is 9.95. The van der Waals surface area contributed by atoms with Crippen molar-refractivity contribution in [3.05, 3.63) is 81.4 Å². The van der Waals surface area contributed by atoms with E-state index in [0.717, 1.165) is 0 Å². The quantitative estimate of drug-likeness (QED) is 0.531. The van der Waals surface area contributed by atoms with E-state index in [-0.39, 0.29) is 35.7 Å². The molecule has 0 unspecified atom stereocenters. The van der Waals surface area contributed by atoms with Gasteiger partial charge in [0.25, 0.3) is 11.5 Å². The van der Waals surface area contributed by atoms with E-state index in [2.05, 4.69) is 9.97 Å². The van der Waals surface area contributed by atoms with Crippen molar-refractivity contribution in [1.29, 1.82) is 0 Å². The Kier molecular flexibility index (Phi) is 4.18. The molecule has 0 saturated carbocycles. The van der Waals surface area contributed by atoms with Crippen molar-refractivity contribution in [2.45, 2.75) is 12.6 Å². The molecule has 4 aromatic rings. The van der Waals surface area contributed by atoms with Crippen molar-refractivity contribution in [1.82, 2.24) is 14.9 Å². The molecule has 1 aliphatic heterocycles. The first-order valence-electron chi connectivity index (χ1n) is 9.40. The number of likely N-dealkylation sites (N-methyl/N-ethyl adjacent to an activating group) is 1. The number of rotatable bonds is 2. The molecular weight excluding hydrogens is 392 g/mol. The summed E-state index contributed by atoms with van der Waals surface area (Å²) in [6.45, 7) is 0.399. The number of halogens is 2. The van der Waals surface area contributed by atoms with E-state index in [1.807, 2.05) is 0 Å². The van der Waals surface area contributed by atoms with Crippen molar-refractivity contribution >= 4 is 27.6 Å². The Bertz CT molecular complexity index is 1380. The number of hydrogen-bond acceptors (Lipinski definition) is 3. The Balaban J connectivity index is 1.60. The molecule has 2 aromatic carbocycles. The third kappa shape index (κ3) is 2.80. The number of H-pyrrole nitrogens is 2. The highest BCUT2D eigenvalue weighted by atomic mass is 19.1. The van der Waals surface area contributed by atoms with E-state index in [9.17, 15) is 18.4 Å². The van der Waals surface area contributed by atoms with Crippen molar-refractivity contribution in [2.75, 3.05) is 13.7 Å². The number of amides is 1. The molecule has 1 aliphatic rings. The summed E-state index contributed by atoms with van der Waals surface area (Å²) in [6.07, 6.45) is 0. The van der Waals surface area contributed by atoms with Gasteiger partial charge in [-0.3, -0.25) is 9.59 Å². The maximum atomic E-state index is 14.0. The van der Waals surface area contributed by atoms with Crippen LogP contribution in [0.1, 0.15) is 27.8 Å². The van der Waals surface area contributed by atoms with Crippen molar-refractivity contribution in [2.24, 2.45) is 0 Å². The first kappa shape index (κ1) is 18.5. The molecule has 2 N–H and O–H groups in total. The normalized spacial score (nSPS) is 16.0. The van der Waals surface area contributed by atoms with Gasteiger partial charge in [-0.15, -0.1) is 0 Å².